The fourth-order valence-corrected chi connectivity index (χ4v) is 3.96. The van der Waals surface area contributed by atoms with E-state index in [1.54, 1.807) is 5.06 Å². The summed E-state index contributed by atoms with van der Waals surface area (Å²) < 4.78 is 5.75. The van der Waals surface area contributed by atoms with Crippen molar-refractivity contribution < 1.29 is 14.4 Å². The normalized spacial score (nSPS) is 30.3. The van der Waals surface area contributed by atoms with Crippen LogP contribution in [0.1, 0.15) is 18.5 Å². The van der Waals surface area contributed by atoms with Gasteiger partial charge in [0.1, 0.15) is 0 Å². The highest BCUT2D eigenvalue weighted by Gasteiger charge is 2.46. The molecule has 3 atom stereocenters. The fraction of sp³-hybridized carbons (Fsp3) is 0.706. The number of rotatable bonds is 2. The molecule has 7 heteroatoms. The number of hydroxylamine groups is 2. The summed E-state index contributed by atoms with van der Waals surface area (Å²) in [7, 11) is 0. The van der Waals surface area contributed by atoms with Crippen LogP contribution < -0.4 is 4.90 Å². The standard InChI is InChI=1S/C17H24N4O3/c1-12-4-5-16(19-18-12)20-8-13-10-23-11-15(14(13)9-20)17(22)21-6-2-3-7-24-21/h4-5,13-15H,2-3,6-11H2,1H3/t13-,14-,15+/m1/s1. The van der Waals surface area contributed by atoms with Crippen molar-refractivity contribution in [1.82, 2.24) is 15.3 Å². The van der Waals surface area contributed by atoms with Gasteiger partial charge in [-0.05, 0) is 37.8 Å². The molecule has 3 fully saturated rings. The summed E-state index contributed by atoms with van der Waals surface area (Å²) in [4.78, 5) is 20.6. The lowest BCUT2D eigenvalue weighted by Crippen LogP contribution is -2.47. The highest BCUT2D eigenvalue weighted by molar-refractivity contribution is 5.78. The number of carbonyl (C=O) groups excluding carboxylic acids is 1. The molecule has 4 heterocycles. The molecule has 3 saturated heterocycles. The van der Waals surface area contributed by atoms with Crippen molar-refractivity contribution >= 4 is 11.7 Å². The van der Waals surface area contributed by atoms with Crippen molar-refractivity contribution in [2.24, 2.45) is 17.8 Å². The predicted molar refractivity (Wildman–Crippen MR) is 87.2 cm³/mol. The molecule has 0 saturated carbocycles. The second-order valence-electron chi connectivity index (χ2n) is 6.99. The van der Waals surface area contributed by atoms with E-state index in [2.05, 4.69) is 15.1 Å². The maximum Gasteiger partial charge on any atom is 0.251 e. The van der Waals surface area contributed by atoms with Crippen LogP contribution in [0, 0.1) is 24.7 Å². The lowest BCUT2D eigenvalue weighted by atomic mass is 9.82. The molecule has 3 aliphatic heterocycles. The number of aryl methyl sites for hydroxylation is 1. The van der Waals surface area contributed by atoms with E-state index >= 15 is 0 Å². The van der Waals surface area contributed by atoms with Crippen molar-refractivity contribution in [3.63, 3.8) is 0 Å². The number of hydrogen-bond acceptors (Lipinski definition) is 6. The maximum absolute atomic E-state index is 12.9. The average molecular weight is 332 g/mol. The van der Waals surface area contributed by atoms with Crippen molar-refractivity contribution in [3.05, 3.63) is 17.8 Å². The molecule has 0 N–H and O–H groups in total. The third-order valence-corrected chi connectivity index (χ3v) is 5.31. The molecule has 0 unspecified atom stereocenters. The van der Waals surface area contributed by atoms with Gasteiger partial charge < -0.3 is 9.64 Å². The van der Waals surface area contributed by atoms with Gasteiger partial charge in [0, 0.05) is 25.6 Å². The SMILES string of the molecule is Cc1ccc(N2C[C@@H]3COC[C@H](C(=O)N4CCCCO4)[C@@H]3C2)nn1. The van der Waals surface area contributed by atoms with Crippen LogP contribution in [-0.2, 0) is 14.4 Å². The van der Waals surface area contributed by atoms with Crippen LogP contribution in [0.4, 0.5) is 5.82 Å². The first-order valence-electron chi connectivity index (χ1n) is 8.79. The monoisotopic (exact) mass is 332 g/mol. The first-order valence-corrected chi connectivity index (χ1v) is 8.79. The van der Waals surface area contributed by atoms with Gasteiger partial charge in [-0.3, -0.25) is 9.63 Å². The van der Waals surface area contributed by atoms with Crippen LogP contribution in [0.15, 0.2) is 12.1 Å². The Morgan fingerprint density at radius 3 is 2.88 bits per heavy atom. The zero-order valence-corrected chi connectivity index (χ0v) is 14.1. The number of amides is 1. The third kappa shape index (κ3) is 2.98. The van der Waals surface area contributed by atoms with E-state index in [9.17, 15) is 4.79 Å². The van der Waals surface area contributed by atoms with Crippen LogP contribution in [0.3, 0.4) is 0 Å². The van der Waals surface area contributed by atoms with E-state index in [-0.39, 0.29) is 11.8 Å². The van der Waals surface area contributed by atoms with Crippen molar-refractivity contribution in [1.29, 1.82) is 0 Å². The lowest BCUT2D eigenvalue weighted by molar-refractivity contribution is -0.207. The van der Waals surface area contributed by atoms with E-state index in [0.29, 0.717) is 38.2 Å². The molecule has 4 rings (SSSR count). The van der Waals surface area contributed by atoms with E-state index in [0.717, 1.165) is 37.4 Å². The largest absolute Gasteiger partial charge is 0.380 e. The number of aromatic nitrogens is 2. The van der Waals surface area contributed by atoms with Crippen LogP contribution in [0.5, 0.6) is 0 Å². The van der Waals surface area contributed by atoms with Gasteiger partial charge in [-0.1, -0.05) is 0 Å². The molecule has 0 aliphatic carbocycles. The molecule has 0 aromatic carbocycles. The van der Waals surface area contributed by atoms with Crippen LogP contribution in [0.25, 0.3) is 0 Å². The van der Waals surface area contributed by atoms with E-state index in [1.165, 1.54) is 0 Å². The zero-order chi connectivity index (χ0) is 16.5. The van der Waals surface area contributed by atoms with Gasteiger partial charge in [0.15, 0.2) is 5.82 Å². The minimum atomic E-state index is -0.120. The number of anilines is 1. The molecule has 1 aromatic heterocycles. The molecular weight excluding hydrogens is 308 g/mol. The van der Waals surface area contributed by atoms with Crippen molar-refractivity contribution in [3.8, 4) is 0 Å². The fourth-order valence-electron chi connectivity index (χ4n) is 3.96. The summed E-state index contributed by atoms with van der Waals surface area (Å²) in [5.41, 5.74) is 0.911. The number of ether oxygens (including phenoxy) is 1. The Kier molecular flexibility index (Phi) is 4.37. The van der Waals surface area contributed by atoms with E-state index < -0.39 is 0 Å². The first kappa shape index (κ1) is 15.8. The highest BCUT2D eigenvalue weighted by atomic mass is 16.7. The second-order valence-corrected chi connectivity index (χ2v) is 6.99. The summed E-state index contributed by atoms with van der Waals surface area (Å²) in [6.45, 7) is 6.17. The summed E-state index contributed by atoms with van der Waals surface area (Å²) in [6.07, 6.45) is 2.04. The van der Waals surface area contributed by atoms with Gasteiger partial charge >= 0.3 is 0 Å². The van der Waals surface area contributed by atoms with Crippen LogP contribution in [-0.4, -0.2) is 60.6 Å². The summed E-state index contributed by atoms with van der Waals surface area (Å²) in [5.74, 6) is 1.50. The molecule has 7 nitrogen and oxygen atoms in total. The smallest absolute Gasteiger partial charge is 0.251 e. The van der Waals surface area contributed by atoms with Crippen LogP contribution in [0.2, 0.25) is 0 Å². The minimum absolute atomic E-state index is 0.0845. The molecule has 0 bridgehead atoms. The number of carbonyl (C=O) groups is 1. The Labute approximate surface area is 141 Å². The lowest BCUT2D eigenvalue weighted by Gasteiger charge is -2.36. The molecule has 130 valence electrons. The third-order valence-electron chi connectivity index (χ3n) is 5.31. The molecule has 3 aliphatic rings. The Hall–Kier alpha value is -1.73. The van der Waals surface area contributed by atoms with Gasteiger partial charge in [-0.25, -0.2) is 5.06 Å². The van der Waals surface area contributed by atoms with E-state index in [4.69, 9.17) is 9.57 Å². The maximum atomic E-state index is 12.9. The van der Waals surface area contributed by atoms with Gasteiger partial charge in [0.05, 0.1) is 31.4 Å². The molecule has 0 spiro atoms. The van der Waals surface area contributed by atoms with E-state index in [1.807, 2.05) is 19.1 Å². The van der Waals surface area contributed by atoms with Gasteiger partial charge in [0.25, 0.3) is 5.91 Å². The summed E-state index contributed by atoms with van der Waals surface area (Å²) in [6, 6.07) is 3.98. The first-order chi connectivity index (χ1) is 11.7. The Balaban J connectivity index is 1.48. The highest BCUT2D eigenvalue weighted by Crippen LogP contribution is 2.36. The zero-order valence-electron chi connectivity index (χ0n) is 14.1. The van der Waals surface area contributed by atoms with Gasteiger partial charge in [-0.15, -0.1) is 5.10 Å². The van der Waals surface area contributed by atoms with Crippen LogP contribution >= 0.6 is 0 Å². The summed E-state index contributed by atoms with van der Waals surface area (Å²) >= 11 is 0. The number of hydrogen-bond donors (Lipinski definition) is 0. The minimum Gasteiger partial charge on any atom is -0.380 e. The molecule has 1 amide bonds. The number of fused-ring (bicyclic) bond motifs is 1. The number of nitrogens with zero attached hydrogens (tertiary/aromatic N) is 4. The van der Waals surface area contributed by atoms with Gasteiger partial charge in [0.2, 0.25) is 0 Å². The average Bonchev–Trinajstić information content (AvgIpc) is 3.06. The quantitative estimate of drug-likeness (QED) is 0.806. The summed E-state index contributed by atoms with van der Waals surface area (Å²) in [5, 5.41) is 10.0. The second kappa shape index (κ2) is 6.64. The molecule has 0 radical (unpaired) electrons. The Morgan fingerprint density at radius 1 is 1.21 bits per heavy atom. The van der Waals surface area contributed by atoms with Gasteiger partial charge in [-0.2, -0.15) is 5.10 Å². The molecular formula is C17H24N4O3. The topological polar surface area (TPSA) is 67.8 Å². The predicted octanol–water partition coefficient (Wildman–Crippen LogP) is 1.04. The Morgan fingerprint density at radius 2 is 2.12 bits per heavy atom. The Bertz CT molecular complexity index is 588. The van der Waals surface area contributed by atoms with Crippen molar-refractivity contribution in [2.75, 3.05) is 44.4 Å². The molecule has 24 heavy (non-hydrogen) atoms. The van der Waals surface area contributed by atoms with Crippen molar-refractivity contribution in [2.45, 2.75) is 19.8 Å². The molecule has 1 aromatic rings.